The molecule has 0 saturated carbocycles. The molecule has 50 valence electrons. The molecule has 0 aromatic rings. The number of rotatable bonds is 4. The number of hydrogen-bond donors (Lipinski definition) is 1. The molecule has 0 aliphatic rings. The lowest BCUT2D eigenvalue weighted by atomic mass is 10.8. The molecule has 0 bridgehead atoms. The van der Waals surface area contributed by atoms with Crippen molar-refractivity contribution in [2.45, 2.75) is 13.8 Å². The topological polar surface area (TPSA) is 26.0 Å². The molecule has 0 unspecified atom stereocenters. The SMILES string of the molecule is CCP(CC)CCN. The van der Waals surface area contributed by atoms with Gasteiger partial charge >= 0.3 is 0 Å². The van der Waals surface area contributed by atoms with Crippen molar-refractivity contribution in [3.05, 3.63) is 0 Å². The maximum Gasteiger partial charge on any atom is -0.00378 e. The second kappa shape index (κ2) is 5.53. The van der Waals surface area contributed by atoms with Crippen LogP contribution in [0.2, 0.25) is 0 Å². The van der Waals surface area contributed by atoms with E-state index in [1.165, 1.54) is 18.5 Å². The largest absolute Gasteiger partial charge is 0.330 e. The van der Waals surface area contributed by atoms with Crippen LogP contribution in [0.4, 0.5) is 0 Å². The minimum Gasteiger partial charge on any atom is -0.330 e. The van der Waals surface area contributed by atoms with Crippen LogP contribution in [-0.2, 0) is 0 Å². The van der Waals surface area contributed by atoms with Crippen LogP contribution in [0, 0.1) is 0 Å². The van der Waals surface area contributed by atoms with E-state index in [0.29, 0.717) is 7.92 Å². The lowest BCUT2D eigenvalue weighted by Crippen LogP contribution is -2.04. The first-order chi connectivity index (χ1) is 3.85. The summed E-state index contributed by atoms with van der Waals surface area (Å²) in [4.78, 5) is 0. The molecular weight excluding hydrogens is 117 g/mol. The van der Waals surface area contributed by atoms with E-state index in [-0.39, 0.29) is 0 Å². The third kappa shape index (κ3) is 3.40. The van der Waals surface area contributed by atoms with Gasteiger partial charge in [0.05, 0.1) is 0 Å². The molecule has 2 heteroatoms. The van der Waals surface area contributed by atoms with Gasteiger partial charge in [-0.3, -0.25) is 0 Å². The van der Waals surface area contributed by atoms with Gasteiger partial charge in [0.15, 0.2) is 0 Å². The van der Waals surface area contributed by atoms with Crippen molar-refractivity contribution in [3.63, 3.8) is 0 Å². The van der Waals surface area contributed by atoms with Gasteiger partial charge in [-0.25, -0.2) is 0 Å². The summed E-state index contributed by atoms with van der Waals surface area (Å²) >= 11 is 0. The average molecular weight is 133 g/mol. The van der Waals surface area contributed by atoms with Crippen LogP contribution in [0.25, 0.3) is 0 Å². The Kier molecular flexibility index (Phi) is 5.79. The van der Waals surface area contributed by atoms with Crippen LogP contribution in [-0.4, -0.2) is 25.0 Å². The van der Waals surface area contributed by atoms with Gasteiger partial charge in [-0.05, 0) is 25.0 Å². The van der Waals surface area contributed by atoms with Gasteiger partial charge in [0.1, 0.15) is 0 Å². The van der Waals surface area contributed by atoms with Gasteiger partial charge in [0, 0.05) is 0 Å². The fourth-order valence-electron chi connectivity index (χ4n) is 0.722. The van der Waals surface area contributed by atoms with E-state index < -0.39 is 0 Å². The molecule has 0 radical (unpaired) electrons. The Bertz CT molecular complexity index is 43.8. The lowest BCUT2D eigenvalue weighted by Gasteiger charge is -2.09. The first-order valence-electron chi connectivity index (χ1n) is 3.27. The Morgan fingerprint density at radius 2 is 1.75 bits per heavy atom. The van der Waals surface area contributed by atoms with E-state index in [0.717, 1.165) is 6.54 Å². The van der Waals surface area contributed by atoms with E-state index in [9.17, 15) is 0 Å². The van der Waals surface area contributed by atoms with Crippen molar-refractivity contribution in [1.29, 1.82) is 0 Å². The maximum atomic E-state index is 5.40. The summed E-state index contributed by atoms with van der Waals surface area (Å²) in [5.74, 6) is 0. The molecular formula is C6H16NP. The van der Waals surface area contributed by atoms with Crippen LogP contribution in [0.15, 0.2) is 0 Å². The zero-order valence-electron chi connectivity index (χ0n) is 5.85. The van der Waals surface area contributed by atoms with Crippen LogP contribution < -0.4 is 5.73 Å². The second-order valence-electron chi connectivity index (χ2n) is 1.82. The van der Waals surface area contributed by atoms with Gasteiger partial charge in [-0.15, -0.1) is 7.92 Å². The van der Waals surface area contributed by atoms with E-state index in [2.05, 4.69) is 13.8 Å². The predicted octanol–water partition coefficient (Wildman–Crippen LogP) is 1.47. The van der Waals surface area contributed by atoms with Gasteiger partial charge in [-0.1, -0.05) is 13.8 Å². The van der Waals surface area contributed by atoms with Crippen molar-refractivity contribution in [3.8, 4) is 0 Å². The van der Waals surface area contributed by atoms with Crippen molar-refractivity contribution >= 4 is 7.92 Å². The Morgan fingerprint density at radius 1 is 1.25 bits per heavy atom. The van der Waals surface area contributed by atoms with Crippen LogP contribution >= 0.6 is 7.92 Å². The maximum absolute atomic E-state index is 5.40. The molecule has 0 saturated heterocycles. The van der Waals surface area contributed by atoms with Gasteiger partial charge < -0.3 is 5.73 Å². The molecule has 0 fully saturated rings. The summed E-state index contributed by atoms with van der Waals surface area (Å²) in [6.45, 7) is 5.39. The second-order valence-corrected chi connectivity index (χ2v) is 4.87. The highest BCUT2D eigenvalue weighted by molar-refractivity contribution is 7.57. The normalized spacial score (nSPS) is 10.5. The molecule has 0 heterocycles. The lowest BCUT2D eigenvalue weighted by molar-refractivity contribution is 1.13. The fourth-order valence-corrected chi connectivity index (χ4v) is 2.17. The highest BCUT2D eigenvalue weighted by Crippen LogP contribution is 2.32. The van der Waals surface area contributed by atoms with Gasteiger partial charge in [0.2, 0.25) is 0 Å². The molecule has 0 aliphatic heterocycles. The van der Waals surface area contributed by atoms with Gasteiger partial charge in [0.25, 0.3) is 0 Å². The zero-order valence-corrected chi connectivity index (χ0v) is 6.75. The Labute approximate surface area is 53.4 Å². The molecule has 0 spiro atoms. The van der Waals surface area contributed by atoms with Crippen molar-refractivity contribution in [1.82, 2.24) is 0 Å². The Balaban J connectivity index is 3.07. The summed E-state index contributed by atoms with van der Waals surface area (Å²) < 4.78 is 0. The summed E-state index contributed by atoms with van der Waals surface area (Å²) in [7, 11) is 0.319. The molecule has 0 rings (SSSR count). The molecule has 0 aromatic heterocycles. The Hall–Kier alpha value is 0.390. The summed E-state index contributed by atoms with van der Waals surface area (Å²) in [6.07, 6.45) is 3.97. The molecule has 0 amide bonds. The predicted molar refractivity (Wildman–Crippen MR) is 41.9 cm³/mol. The molecule has 0 aliphatic carbocycles. The third-order valence-electron chi connectivity index (χ3n) is 1.34. The summed E-state index contributed by atoms with van der Waals surface area (Å²) in [5.41, 5.74) is 5.40. The minimum atomic E-state index is 0.319. The molecule has 8 heavy (non-hydrogen) atoms. The van der Waals surface area contributed by atoms with Crippen molar-refractivity contribution in [2.24, 2.45) is 5.73 Å². The highest BCUT2D eigenvalue weighted by atomic mass is 31.1. The first kappa shape index (κ1) is 8.39. The minimum absolute atomic E-state index is 0.319. The molecule has 0 atom stereocenters. The molecule has 1 nitrogen and oxygen atoms in total. The standard InChI is InChI=1S/C6H16NP/c1-3-8(4-2)6-5-7/h3-7H2,1-2H3. The van der Waals surface area contributed by atoms with Crippen molar-refractivity contribution in [2.75, 3.05) is 25.0 Å². The average Bonchev–Trinajstić information content (AvgIpc) is 1.83. The fraction of sp³-hybridized carbons (Fsp3) is 1.00. The van der Waals surface area contributed by atoms with Crippen LogP contribution in [0.3, 0.4) is 0 Å². The number of nitrogens with two attached hydrogens (primary N) is 1. The van der Waals surface area contributed by atoms with E-state index >= 15 is 0 Å². The Morgan fingerprint density at radius 3 is 1.88 bits per heavy atom. The van der Waals surface area contributed by atoms with E-state index in [1.807, 2.05) is 0 Å². The van der Waals surface area contributed by atoms with Crippen LogP contribution in [0.5, 0.6) is 0 Å². The third-order valence-corrected chi connectivity index (χ3v) is 4.02. The van der Waals surface area contributed by atoms with E-state index in [4.69, 9.17) is 5.73 Å². The van der Waals surface area contributed by atoms with E-state index in [1.54, 1.807) is 0 Å². The summed E-state index contributed by atoms with van der Waals surface area (Å²) in [6, 6.07) is 0. The molecule has 0 aromatic carbocycles. The first-order valence-corrected chi connectivity index (χ1v) is 5.17. The monoisotopic (exact) mass is 133 g/mol. The van der Waals surface area contributed by atoms with Crippen LogP contribution in [0.1, 0.15) is 13.8 Å². The quantitative estimate of drug-likeness (QED) is 0.577. The zero-order chi connectivity index (χ0) is 6.41. The van der Waals surface area contributed by atoms with Crippen molar-refractivity contribution < 1.29 is 0 Å². The molecule has 2 N–H and O–H groups in total. The summed E-state index contributed by atoms with van der Waals surface area (Å²) in [5, 5.41) is 0. The van der Waals surface area contributed by atoms with Gasteiger partial charge in [-0.2, -0.15) is 0 Å². The number of hydrogen-bond acceptors (Lipinski definition) is 1. The highest BCUT2D eigenvalue weighted by Gasteiger charge is 1.97. The smallest absolute Gasteiger partial charge is 0.00378 e.